The van der Waals surface area contributed by atoms with E-state index in [9.17, 15) is 0 Å². The van der Waals surface area contributed by atoms with Crippen molar-refractivity contribution in [3.63, 3.8) is 0 Å². The van der Waals surface area contributed by atoms with E-state index in [1.165, 1.54) is 16.5 Å². The van der Waals surface area contributed by atoms with E-state index in [2.05, 4.69) is 71.8 Å². The highest BCUT2D eigenvalue weighted by Crippen LogP contribution is 2.17. The number of aliphatic imine (C=N–C) groups is 1. The third kappa shape index (κ3) is 5.23. The van der Waals surface area contributed by atoms with Crippen molar-refractivity contribution in [2.45, 2.75) is 39.3 Å². The number of fused-ring (bicyclic) bond motifs is 1. The van der Waals surface area contributed by atoms with Crippen molar-refractivity contribution in [1.29, 1.82) is 0 Å². The van der Waals surface area contributed by atoms with Crippen LogP contribution in [0.5, 0.6) is 0 Å². The maximum absolute atomic E-state index is 5.54. The van der Waals surface area contributed by atoms with Crippen LogP contribution in [0.2, 0.25) is 0 Å². The third-order valence-corrected chi connectivity index (χ3v) is 5.20. The summed E-state index contributed by atoms with van der Waals surface area (Å²) >= 11 is 0. The maximum atomic E-state index is 5.54. The fourth-order valence-electron chi connectivity index (χ4n) is 3.72. The van der Waals surface area contributed by atoms with E-state index in [0.717, 1.165) is 51.8 Å². The topological polar surface area (TPSA) is 64.7 Å². The monoisotopic (exact) mass is 371 g/mol. The average molecular weight is 372 g/mol. The largest absolute Gasteiger partial charge is 0.379 e. The molecule has 0 saturated carbocycles. The van der Waals surface area contributed by atoms with Gasteiger partial charge < -0.3 is 20.4 Å². The lowest BCUT2D eigenvalue weighted by Gasteiger charge is -2.37. The van der Waals surface area contributed by atoms with E-state index in [1.807, 2.05) is 0 Å². The fourth-order valence-corrected chi connectivity index (χ4v) is 3.72. The number of hydrogen-bond donors (Lipinski definition) is 3. The first-order valence-electron chi connectivity index (χ1n) is 10.1. The molecule has 2 unspecified atom stereocenters. The number of aromatic amines is 1. The van der Waals surface area contributed by atoms with E-state index in [1.54, 1.807) is 0 Å². The number of hydrogen-bond acceptors (Lipinski definition) is 3. The summed E-state index contributed by atoms with van der Waals surface area (Å²) in [6.45, 7) is 11.7. The average Bonchev–Trinajstić information content (AvgIpc) is 3.09. The van der Waals surface area contributed by atoms with Gasteiger partial charge in [-0.1, -0.05) is 18.2 Å². The number of nitrogens with one attached hydrogen (secondary N) is 3. The summed E-state index contributed by atoms with van der Waals surface area (Å²) in [4.78, 5) is 10.6. The van der Waals surface area contributed by atoms with Crippen molar-refractivity contribution in [1.82, 2.24) is 20.5 Å². The molecule has 1 saturated heterocycles. The van der Waals surface area contributed by atoms with Crippen LogP contribution in [0.25, 0.3) is 10.9 Å². The Bertz CT molecular complexity index is 741. The summed E-state index contributed by atoms with van der Waals surface area (Å²) in [5.74, 6) is 0.894. The number of nitrogens with zero attached hydrogens (tertiary/aromatic N) is 2. The highest BCUT2D eigenvalue weighted by atomic mass is 16.5. The van der Waals surface area contributed by atoms with E-state index in [4.69, 9.17) is 9.73 Å². The third-order valence-electron chi connectivity index (χ3n) is 5.20. The first-order chi connectivity index (χ1) is 13.2. The predicted octanol–water partition coefficient (Wildman–Crippen LogP) is 2.37. The molecule has 3 rings (SSSR count). The van der Waals surface area contributed by atoms with E-state index >= 15 is 0 Å². The van der Waals surface area contributed by atoms with Gasteiger partial charge in [0.25, 0.3) is 0 Å². The summed E-state index contributed by atoms with van der Waals surface area (Å²) in [6.07, 6.45) is 3.07. The highest BCUT2D eigenvalue weighted by Gasteiger charge is 2.23. The van der Waals surface area contributed by atoms with Crippen LogP contribution >= 0.6 is 0 Å². The number of rotatable bonds is 7. The van der Waals surface area contributed by atoms with Crippen molar-refractivity contribution in [3.05, 3.63) is 36.0 Å². The van der Waals surface area contributed by atoms with Gasteiger partial charge in [-0.2, -0.15) is 0 Å². The van der Waals surface area contributed by atoms with Gasteiger partial charge in [0.2, 0.25) is 0 Å². The second-order valence-electron chi connectivity index (χ2n) is 7.27. The minimum Gasteiger partial charge on any atom is -0.379 e. The van der Waals surface area contributed by atoms with Gasteiger partial charge in [-0.3, -0.25) is 9.89 Å². The van der Waals surface area contributed by atoms with Crippen molar-refractivity contribution in [2.75, 3.05) is 39.4 Å². The molecule has 1 aromatic carbocycles. The quantitative estimate of drug-likeness (QED) is 0.516. The Morgan fingerprint density at radius 3 is 3.04 bits per heavy atom. The Hall–Kier alpha value is -2.05. The zero-order chi connectivity index (χ0) is 19.1. The lowest BCUT2D eigenvalue weighted by atomic mass is 10.1. The molecule has 0 spiro atoms. The molecule has 1 aromatic heterocycles. The zero-order valence-corrected chi connectivity index (χ0v) is 16.8. The van der Waals surface area contributed by atoms with Gasteiger partial charge in [0.1, 0.15) is 0 Å². The molecule has 2 atom stereocenters. The summed E-state index contributed by atoms with van der Waals surface area (Å²) in [5.41, 5.74) is 2.53. The molecule has 3 N–H and O–H groups in total. The molecule has 1 aliphatic heterocycles. The van der Waals surface area contributed by atoms with E-state index in [0.29, 0.717) is 12.1 Å². The van der Waals surface area contributed by atoms with Crippen LogP contribution in [0.3, 0.4) is 0 Å². The molecule has 0 aliphatic carbocycles. The number of H-pyrrole nitrogens is 1. The molecule has 0 amide bonds. The van der Waals surface area contributed by atoms with Crippen LogP contribution in [-0.4, -0.2) is 67.3 Å². The van der Waals surface area contributed by atoms with E-state index in [-0.39, 0.29) is 0 Å². The van der Waals surface area contributed by atoms with Gasteiger partial charge in [-0.15, -0.1) is 0 Å². The van der Waals surface area contributed by atoms with Gasteiger partial charge in [0, 0.05) is 48.8 Å². The van der Waals surface area contributed by atoms with Crippen molar-refractivity contribution in [2.24, 2.45) is 4.99 Å². The Balaban J connectivity index is 1.52. The Morgan fingerprint density at radius 1 is 1.37 bits per heavy atom. The number of morpholine rings is 1. The first kappa shape index (κ1) is 19.7. The molecule has 148 valence electrons. The van der Waals surface area contributed by atoms with Gasteiger partial charge in [0.15, 0.2) is 5.96 Å². The summed E-state index contributed by atoms with van der Waals surface area (Å²) < 4.78 is 5.54. The number of para-hydroxylation sites is 1. The Kier molecular flexibility index (Phi) is 7.12. The van der Waals surface area contributed by atoms with Crippen LogP contribution in [0.1, 0.15) is 26.3 Å². The summed E-state index contributed by atoms with van der Waals surface area (Å²) in [6, 6.07) is 9.31. The molecule has 0 bridgehead atoms. The molecule has 1 aliphatic rings. The minimum absolute atomic E-state index is 0.410. The second-order valence-corrected chi connectivity index (χ2v) is 7.27. The molecular formula is C21H33N5O. The summed E-state index contributed by atoms with van der Waals surface area (Å²) in [5, 5.41) is 8.13. The normalized spacial score (nSPS) is 20.0. The molecule has 6 nitrogen and oxygen atoms in total. The maximum Gasteiger partial charge on any atom is 0.191 e. The van der Waals surface area contributed by atoms with Crippen LogP contribution in [-0.2, 0) is 11.2 Å². The number of aromatic nitrogens is 1. The smallest absolute Gasteiger partial charge is 0.191 e. The molecule has 2 aromatic rings. The predicted molar refractivity (Wildman–Crippen MR) is 112 cm³/mol. The van der Waals surface area contributed by atoms with Crippen LogP contribution in [0.15, 0.2) is 35.5 Å². The SMILES string of the molecule is CCNC(=NCC(C)N1CCOCC1C)NCCc1c[nH]c2ccccc12. The summed E-state index contributed by atoms with van der Waals surface area (Å²) in [7, 11) is 0. The van der Waals surface area contributed by atoms with Crippen molar-refractivity contribution >= 4 is 16.9 Å². The van der Waals surface area contributed by atoms with Crippen LogP contribution in [0.4, 0.5) is 0 Å². The number of benzene rings is 1. The molecule has 6 heteroatoms. The molecular weight excluding hydrogens is 338 g/mol. The number of ether oxygens (including phenoxy) is 1. The van der Waals surface area contributed by atoms with Gasteiger partial charge in [-0.25, -0.2) is 0 Å². The minimum atomic E-state index is 0.410. The van der Waals surface area contributed by atoms with Gasteiger partial charge >= 0.3 is 0 Å². The lowest BCUT2D eigenvalue weighted by Crippen LogP contribution is -2.49. The first-order valence-corrected chi connectivity index (χ1v) is 10.1. The molecule has 2 heterocycles. The van der Waals surface area contributed by atoms with Gasteiger partial charge in [0.05, 0.1) is 19.8 Å². The molecule has 1 fully saturated rings. The molecule has 27 heavy (non-hydrogen) atoms. The van der Waals surface area contributed by atoms with Gasteiger partial charge in [-0.05, 0) is 38.8 Å². The second kappa shape index (κ2) is 9.76. The molecule has 0 radical (unpaired) electrons. The Morgan fingerprint density at radius 2 is 2.22 bits per heavy atom. The zero-order valence-electron chi connectivity index (χ0n) is 16.8. The van der Waals surface area contributed by atoms with E-state index < -0.39 is 0 Å². The van der Waals surface area contributed by atoms with Crippen LogP contribution < -0.4 is 10.6 Å². The van der Waals surface area contributed by atoms with Crippen LogP contribution in [0, 0.1) is 0 Å². The Labute approximate surface area is 162 Å². The fraction of sp³-hybridized carbons (Fsp3) is 0.571. The highest BCUT2D eigenvalue weighted by molar-refractivity contribution is 5.83. The lowest BCUT2D eigenvalue weighted by molar-refractivity contribution is -0.0165. The van der Waals surface area contributed by atoms with Crippen molar-refractivity contribution in [3.8, 4) is 0 Å². The number of guanidine groups is 1. The standard InChI is InChI=1S/C21H33N5O/c1-4-22-21(25-13-16(2)26-11-12-27-15-17(26)3)23-10-9-18-14-24-20-8-6-5-7-19(18)20/h5-8,14,16-17,24H,4,9-13,15H2,1-3H3,(H2,22,23,25). The van der Waals surface area contributed by atoms with Crippen molar-refractivity contribution < 1.29 is 4.74 Å².